The minimum atomic E-state index is 0.149. The second kappa shape index (κ2) is 8.25. The van der Waals surface area contributed by atoms with Gasteiger partial charge < -0.3 is 18.6 Å². The van der Waals surface area contributed by atoms with Gasteiger partial charge in [0, 0.05) is 37.2 Å². The number of aryl methyl sites for hydroxylation is 1. The van der Waals surface area contributed by atoms with Crippen LogP contribution in [0.1, 0.15) is 30.3 Å². The normalized spacial score (nSPS) is 20.7. The Kier molecular flexibility index (Phi) is 5.58. The number of benzene rings is 1. The Hall–Kier alpha value is -1.82. The highest BCUT2D eigenvalue weighted by atomic mass is 16.5. The standard InChI is InChI=1S/C21H27NO4/c1-23-17-7-5-16(6-8-17)21-15-18-19(3-2-4-20(18)26-21)25-14-11-22-9-12-24-13-10-22/h5-8,15,19H,2-4,9-14H2,1H3. The molecule has 0 radical (unpaired) electrons. The summed E-state index contributed by atoms with van der Waals surface area (Å²) in [6, 6.07) is 10.2. The predicted molar refractivity (Wildman–Crippen MR) is 99.6 cm³/mol. The van der Waals surface area contributed by atoms with Crippen molar-refractivity contribution in [3.05, 3.63) is 41.7 Å². The topological polar surface area (TPSA) is 44.1 Å². The molecule has 0 N–H and O–H groups in total. The Bertz CT molecular complexity index is 703. The Labute approximate surface area is 154 Å². The highest BCUT2D eigenvalue weighted by molar-refractivity contribution is 5.60. The van der Waals surface area contributed by atoms with Crippen LogP contribution >= 0.6 is 0 Å². The quantitative estimate of drug-likeness (QED) is 0.789. The summed E-state index contributed by atoms with van der Waals surface area (Å²) in [6.07, 6.45) is 3.33. The Balaban J connectivity index is 1.41. The number of furan rings is 1. The molecular weight excluding hydrogens is 330 g/mol. The van der Waals surface area contributed by atoms with Crippen LogP contribution in [0.2, 0.25) is 0 Å². The molecule has 2 aliphatic rings. The molecule has 1 unspecified atom stereocenters. The molecule has 1 atom stereocenters. The summed E-state index contributed by atoms with van der Waals surface area (Å²) in [4.78, 5) is 2.41. The summed E-state index contributed by atoms with van der Waals surface area (Å²) in [7, 11) is 1.68. The fourth-order valence-corrected chi connectivity index (χ4v) is 3.73. The van der Waals surface area contributed by atoms with E-state index < -0.39 is 0 Å². The fourth-order valence-electron chi connectivity index (χ4n) is 3.73. The monoisotopic (exact) mass is 357 g/mol. The van der Waals surface area contributed by atoms with Crippen molar-refractivity contribution in [1.29, 1.82) is 0 Å². The number of hydrogen-bond acceptors (Lipinski definition) is 5. The minimum Gasteiger partial charge on any atom is -0.497 e. The highest BCUT2D eigenvalue weighted by Crippen LogP contribution is 2.38. The molecule has 1 aromatic carbocycles. The lowest BCUT2D eigenvalue weighted by atomic mass is 9.95. The number of rotatable bonds is 6. The van der Waals surface area contributed by atoms with Crippen molar-refractivity contribution in [3.63, 3.8) is 0 Å². The van der Waals surface area contributed by atoms with Gasteiger partial charge in [-0.15, -0.1) is 0 Å². The molecular formula is C21H27NO4. The van der Waals surface area contributed by atoms with Crippen LogP contribution in [0.5, 0.6) is 5.75 Å². The molecule has 4 rings (SSSR count). The van der Waals surface area contributed by atoms with Gasteiger partial charge >= 0.3 is 0 Å². The Morgan fingerprint density at radius 1 is 1.15 bits per heavy atom. The first-order chi connectivity index (χ1) is 12.8. The number of ether oxygens (including phenoxy) is 3. The first-order valence-corrected chi connectivity index (χ1v) is 9.52. The molecule has 140 valence electrons. The van der Waals surface area contributed by atoms with Gasteiger partial charge in [0.2, 0.25) is 0 Å². The van der Waals surface area contributed by atoms with Crippen molar-refractivity contribution in [3.8, 4) is 17.1 Å². The van der Waals surface area contributed by atoms with Crippen molar-refractivity contribution in [1.82, 2.24) is 4.90 Å². The van der Waals surface area contributed by atoms with Gasteiger partial charge in [0.1, 0.15) is 17.3 Å². The summed E-state index contributed by atoms with van der Waals surface area (Å²) < 4.78 is 23.0. The fraction of sp³-hybridized carbons (Fsp3) is 0.524. The molecule has 0 amide bonds. The van der Waals surface area contributed by atoms with Crippen LogP contribution in [-0.2, 0) is 15.9 Å². The van der Waals surface area contributed by atoms with Gasteiger partial charge in [-0.2, -0.15) is 0 Å². The van der Waals surface area contributed by atoms with E-state index in [2.05, 4.69) is 11.0 Å². The maximum absolute atomic E-state index is 6.24. The Morgan fingerprint density at radius 3 is 2.73 bits per heavy atom. The third-order valence-corrected chi connectivity index (χ3v) is 5.26. The highest BCUT2D eigenvalue weighted by Gasteiger charge is 2.25. The van der Waals surface area contributed by atoms with Crippen LogP contribution in [0, 0.1) is 0 Å². The zero-order chi connectivity index (χ0) is 17.8. The van der Waals surface area contributed by atoms with Crippen LogP contribution < -0.4 is 4.74 Å². The third kappa shape index (κ3) is 3.95. The average Bonchev–Trinajstić information content (AvgIpc) is 3.14. The van der Waals surface area contributed by atoms with E-state index in [9.17, 15) is 0 Å². The van der Waals surface area contributed by atoms with Crippen molar-refractivity contribution >= 4 is 0 Å². The van der Waals surface area contributed by atoms with Crippen molar-refractivity contribution < 1.29 is 18.6 Å². The average molecular weight is 357 g/mol. The molecule has 5 nitrogen and oxygen atoms in total. The zero-order valence-corrected chi connectivity index (χ0v) is 15.4. The van der Waals surface area contributed by atoms with E-state index in [1.807, 2.05) is 24.3 Å². The molecule has 1 fully saturated rings. The summed E-state index contributed by atoms with van der Waals surface area (Å²) in [5, 5.41) is 0. The second-order valence-corrected chi connectivity index (χ2v) is 6.92. The van der Waals surface area contributed by atoms with Gasteiger partial charge in [0.15, 0.2) is 0 Å². The SMILES string of the molecule is COc1ccc(-c2cc3c(o2)CCCC3OCCN2CCOCC2)cc1. The van der Waals surface area contributed by atoms with E-state index in [0.717, 1.165) is 81.6 Å². The molecule has 2 aromatic rings. The van der Waals surface area contributed by atoms with Gasteiger partial charge in [-0.1, -0.05) is 0 Å². The molecule has 5 heteroatoms. The van der Waals surface area contributed by atoms with Crippen molar-refractivity contribution in [2.24, 2.45) is 0 Å². The van der Waals surface area contributed by atoms with Crippen molar-refractivity contribution in [2.75, 3.05) is 46.6 Å². The number of hydrogen-bond donors (Lipinski definition) is 0. The van der Waals surface area contributed by atoms with Crippen LogP contribution in [-0.4, -0.2) is 51.5 Å². The van der Waals surface area contributed by atoms with E-state index >= 15 is 0 Å². The summed E-state index contributed by atoms with van der Waals surface area (Å²) >= 11 is 0. The third-order valence-electron chi connectivity index (χ3n) is 5.26. The molecule has 1 aliphatic heterocycles. The largest absolute Gasteiger partial charge is 0.497 e. The van der Waals surface area contributed by atoms with E-state index in [4.69, 9.17) is 18.6 Å². The van der Waals surface area contributed by atoms with Gasteiger partial charge in [0.25, 0.3) is 0 Å². The van der Waals surface area contributed by atoms with Gasteiger partial charge in [-0.3, -0.25) is 4.90 Å². The number of morpholine rings is 1. The summed E-state index contributed by atoms with van der Waals surface area (Å²) in [5.74, 6) is 2.86. The Morgan fingerprint density at radius 2 is 1.96 bits per heavy atom. The molecule has 2 heterocycles. The van der Waals surface area contributed by atoms with Crippen molar-refractivity contribution in [2.45, 2.75) is 25.4 Å². The predicted octanol–water partition coefficient (Wildman–Crippen LogP) is 3.68. The molecule has 0 bridgehead atoms. The lowest BCUT2D eigenvalue weighted by Crippen LogP contribution is -2.38. The second-order valence-electron chi connectivity index (χ2n) is 6.92. The lowest BCUT2D eigenvalue weighted by molar-refractivity contribution is -0.00408. The van der Waals surface area contributed by atoms with E-state index in [1.54, 1.807) is 7.11 Å². The van der Waals surface area contributed by atoms with Crippen LogP contribution in [0.15, 0.2) is 34.7 Å². The first-order valence-electron chi connectivity index (χ1n) is 9.52. The lowest BCUT2D eigenvalue weighted by Gasteiger charge is -2.28. The van der Waals surface area contributed by atoms with E-state index in [0.29, 0.717) is 0 Å². The first kappa shape index (κ1) is 17.6. The molecule has 0 saturated carbocycles. The number of fused-ring (bicyclic) bond motifs is 1. The smallest absolute Gasteiger partial charge is 0.134 e. The van der Waals surface area contributed by atoms with Crippen LogP contribution in [0.25, 0.3) is 11.3 Å². The maximum Gasteiger partial charge on any atom is 0.134 e. The molecule has 1 saturated heterocycles. The summed E-state index contributed by atoms with van der Waals surface area (Å²) in [6.45, 7) is 5.41. The minimum absolute atomic E-state index is 0.149. The van der Waals surface area contributed by atoms with Crippen LogP contribution in [0.3, 0.4) is 0 Å². The number of methoxy groups -OCH3 is 1. The molecule has 26 heavy (non-hydrogen) atoms. The number of nitrogens with zero attached hydrogens (tertiary/aromatic N) is 1. The van der Waals surface area contributed by atoms with Gasteiger partial charge in [-0.05, 0) is 43.2 Å². The van der Waals surface area contributed by atoms with E-state index in [-0.39, 0.29) is 6.10 Å². The van der Waals surface area contributed by atoms with Gasteiger partial charge in [0.05, 0.1) is 33.0 Å². The molecule has 0 spiro atoms. The summed E-state index contributed by atoms with van der Waals surface area (Å²) in [5.41, 5.74) is 2.30. The van der Waals surface area contributed by atoms with Gasteiger partial charge in [-0.25, -0.2) is 0 Å². The zero-order valence-electron chi connectivity index (χ0n) is 15.4. The molecule has 1 aliphatic carbocycles. The van der Waals surface area contributed by atoms with Crippen LogP contribution in [0.4, 0.5) is 0 Å². The molecule has 1 aromatic heterocycles. The maximum atomic E-state index is 6.24. The van der Waals surface area contributed by atoms with E-state index in [1.165, 1.54) is 5.56 Å².